The summed E-state index contributed by atoms with van der Waals surface area (Å²) in [5.41, 5.74) is 1.13. The predicted octanol–water partition coefficient (Wildman–Crippen LogP) is 3.89. The van der Waals surface area contributed by atoms with Crippen molar-refractivity contribution in [2.45, 2.75) is 44.2 Å². The Morgan fingerprint density at radius 2 is 1.54 bits per heavy atom. The van der Waals surface area contributed by atoms with Crippen molar-refractivity contribution in [1.82, 2.24) is 24.4 Å². The summed E-state index contributed by atoms with van der Waals surface area (Å²) < 4.78 is 40.9. The van der Waals surface area contributed by atoms with Crippen LogP contribution in [0.25, 0.3) is 16.9 Å². The van der Waals surface area contributed by atoms with E-state index in [1.807, 2.05) is 12.1 Å². The van der Waals surface area contributed by atoms with Gasteiger partial charge in [-0.05, 0) is 49.7 Å². The van der Waals surface area contributed by atoms with Crippen molar-refractivity contribution in [3.8, 4) is 5.82 Å². The first-order chi connectivity index (χ1) is 19.1. The topological polar surface area (TPSA) is 80.6 Å². The maximum absolute atomic E-state index is 14.2. The third-order valence-corrected chi connectivity index (χ3v) is 8.91. The lowest BCUT2D eigenvalue weighted by molar-refractivity contribution is 0.0162. The van der Waals surface area contributed by atoms with E-state index in [4.69, 9.17) is 19.4 Å². The fourth-order valence-corrected chi connectivity index (χ4v) is 7.10. The summed E-state index contributed by atoms with van der Waals surface area (Å²) in [5, 5.41) is 3.68. The maximum atomic E-state index is 14.2. The van der Waals surface area contributed by atoms with Crippen molar-refractivity contribution in [1.29, 1.82) is 0 Å². The van der Waals surface area contributed by atoms with Gasteiger partial charge in [-0.25, -0.2) is 13.8 Å². The minimum Gasteiger partial charge on any atom is -0.379 e. The molecule has 208 valence electrons. The molecule has 11 heteroatoms. The van der Waals surface area contributed by atoms with Gasteiger partial charge in [-0.1, -0.05) is 12.1 Å². The van der Waals surface area contributed by atoms with Crippen LogP contribution in [0.1, 0.15) is 37.9 Å². The van der Waals surface area contributed by atoms with Crippen molar-refractivity contribution < 1.29 is 18.3 Å². The number of alkyl halides is 2. The lowest BCUT2D eigenvalue weighted by Crippen LogP contribution is -2.42. The third-order valence-electron chi connectivity index (χ3n) is 8.91. The smallest absolute Gasteiger partial charge is 0.296 e. The number of morpholine rings is 2. The maximum Gasteiger partial charge on any atom is 0.296 e. The van der Waals surface area contributed by atoms with Crippen LogP contribution >= 0.6 is 0 Å². The van der Waals surface area contributed by atoms with E-state index in [0.29, 0.717) is 78.8 Å². The van der Waals surface area contributed by atoms with Gasteiger partial charge in [-0.2, -0.15) is 9.97 Å². The second-order valence-electron chi connectivity index (χ2n) is 11.2. The SMILES string of the molecule is FC(F)c1nc2ccccc2n1-c1cc(N[C@@H]2C[C@@H]3C[C@H](N4CCOCC4)C[C@@H]3C2)nc(N2CCOCC2)n1. The number of imidazole rings is 1. The molecule has 0 radical (unpaired) electrons. The van der Waals surface area contributed by atoms with Gasteiger partial charge in [0.1, 0.15) is 11.6 Å². The summed E-state index contributed by atoms with van der Waals surface area (Å²) >= 11 is 0. The van der Waals surface area contributed by atoms with Gasteiger partial charge >= 0.3 is 0 Å². The van der Waals surface area contributed by atoms with Crippen molar-refractivity contribution in [3.05, 3.63) is 36.2 Å². The molecule has 4 fully saturated rings. The van der Waals surface area contributed by atoms with Gasteiger partial charge in [0.25, 0.3) is 6.43 Å². The zero-order chi connectivity index (χ0) is 26.3. The van der Waals surface area contributed by atoms with Crippen LogP contribution in [0.4, 0.5) is 20.5 Å². The van der Waals surface area contributed by atoms with Gasteiger partial charge in [-0.3, -0.25) is 9.47 Å². The molecule has 3 aromatic rings. The summed E-state index contributed by atoms with van der Waals surface area (Å²) in [4.78, 5) is 18.6. The summed E-state index contributed by atoms with van der Waals surface area (Å²) in [5.74, 6) is 2.72. The molecule has 0 unspecified atom stereocenters. The standard InChI is InChI=1S/C28H35F2N7O2/c29-26(30)27-32-22-3-1-2-4-23(22)37(27)25-17-24(33-28(34-25)36-7-11-39-12-8-36)31-20-13-18-15-21(16-19(18)14-20)35-5-9-38-10-6-35/h1-4,17-21,26H,5-16H2,(H,31,33,34)/t18-,19+,20-,21+. The van der Waals surface area contributed by atoms with Crippen LogP contribution in [0.15, 0.2) is 30.3 Å². The average Bonchev–Trinajstić information content (AvgIpc) is 3.65. The van der Waals surface area contributed by atoms with Crippen LogP contribution < -0.4 is 10.2 Å². The lowest BCUT2D eigenvalue weighted by atomic mass is 10.0. The van der Waals surface area contributed by atoms with Crippen LogP contribution in [0, 0.1) is 11.8 Å². The molecular weight excluding hydrogens is 504 g/mol. The van der Waals surface area contributed by atoms with E-state index < -0.39 is 6.43 Å². The number of anilines is 2. The molecular formula is C28H35F2N7O2. The van der Waals surface area contributed by atoms with Crippen LogP contribution in [0.2, 0.25) is 0 Å². The molecule has 0 spiro atoms. The number of fused-ring (bicyclic) bond motifs is 2. The molecule has 1 aromatic carbocycles. The molecule has 4 atom stereocenters. The zero-order valence-electron chi connectivity index (χ0n) is 22.0. The number of para-hydroxylation sites is 2. The summed E-state index contributed by atoms with van der Waals surface area (Å²) in [7, 11) is 0. The van der Waals surface area contributed by atoms with Gasteiger partial charge in [0.15, 0.2) is 5.82 Å². The molecule has 9 nitrogen and oxygen atoms in total. The molecule has 0 bridgehead atoms. The van der Waals surface area contributed by atoms with Crippen LogP contribution in [-0.2, 0) is 9.47 Å². The monoisotopic (exact) mass is 539 g/mol. The minimum absolute atomic E-state index is 0.306. The molecule has 2 aliphatic carbocycles. The number of aromatic nitrogens is 4. The van der Waals surface area contributed by atoms with E-state index in [-0.39, 0.29) is 5.82 Å². The number of nitrogens with zero attached hydrogens (tertiary/aromatic N) is 6. The molecule has 2 aliphatic heterocycles. The Hall–Kier alpha value is -2.89. The molecule has 2 saturated carbocycles. The first kappa shape index (κ1) is 25.1. The van der Waals surface area contributed by atoms with Crippen molar-refractivity contribution in [2.24, 2.45) is 11.8 Å². The van der Waals surface area contributed by atoms with Crippen LogP contribution in [-0.4, -0.2) is 89.1 Å². The predicted molar refractivity (Wildman–Crippen MR) is 144 cm³/mol. The highest BCUT2D eigenvalue weighted by atomic mass is 19.3. The number of hydrogen-bond donors (Lipinski definition) is 1. The van der Waals surface area contributed by atoms with E-state index in [1.165, 1.54) is 17.4 Å². The first-order valence-electron chi connectivity index (χ1n) is 14.2. The molecule has 7 rings (SSSR count). The van der Waals surface area contributed by atoms with E-state index in [1.54, 1.807) is 18.2 Å². The Kier molecular flexibility index (Phi) is 6.82. The average molecular weight is 540 g/mol. The van der Waals surface area contributed by atoms with Gasteiger partial charge in [0.05, 0.1) is 37.5 Å². The van der Waals surface area contributed by atoms with Gasteiger partial charge in [-0.15, -0.1) is 0 Å². The third kappa shape index (κ3) is 4.96. The number of hydrogen-bond acceptors (Lipinski definition) is 8. The number of nitrogens with one attached hydrogen (secondary N) is 1. The van der Waals surface area contributed by atoms with Crippen molar-refractivity contribution in [3.63, 3.8) is 0 Å². The highest BCUT2D eigenvalue weighted by Crippen LogP contribution is 2.46. The molecule has 4 heterocycles. The Morgan fingerprint density at radius 3 is 2.26 bits per heavy atom. The van der Waals surface area contributed by atoms with Crippen LogP contribution in [0.3, 0.4) is 0 Å². The Balaban J connectivity index is 1.16. The highest BCUT2D eigenvalue weighted by Gasteiger charge is 2.43. The molecule has 0 amide bonds. The number of halogens is 2. The molecule has 2 aromatic heterocycles. The second-order valence-corrected chi connectivity index (χ2v) is 11.2. The summed E-state index contributed by atoms with van der Waals surface area (Å²) in [6.45, 7) is 6.27. The summed E-state index contributed by atoms with van der Waals surface area (Å²) in [6, 6.07) is 9.98. The molecule has 39 heavy (non-hydrogen) atoms. The summed E-state index contributed by atoms with van der Waals surface area (Å²) in [6.07, 6.45) is 1.97. The Labute approximate surface area is 226 Å². The zero-order valence-corrected chi connectivity index (χ0v) is 22.0. The molecule has 1 N–H and O–H groups in total. The Bertz CT molecular complexity index is 1290. The van der Waals surface area contributed by atoms with Crippen molar-refractivity contribution >= 4 is 22.8 Å². The van der Waals surface area contributed by atoms with Crippen molar-refractivity contribution in [2.75, 3.05) is 62.8 Å². The van der Waals surface area contributed by atoms with E-state index >= 15 is 0 Å². The number of benzene rings is 1. The van der Waals surface area contributed by atoms with Gasteiger partial charge < -0.3 is 19.7 Å². The number of rotatable bonds is 6. The first-order valence-corrected chi connectivity index (χ1v) is 14.2. The van der Waals surface area contributed by atoms with Crippen LogP contribution in [0.5, 0.6) is 0 Å². The fraction of sp³-hybridized carbons (Fsp3) is 0.607. The van der Waals surface area contributed by atoms with E-state index in [0.717, 1.165) is 39.1 Å². The molecule has 2 saturated heterocycles. The molecule has 4 aliphatic rings. The quantitative estimate of drug-likeness (QED) is 0.506. The minimum atomic E-state index is -2.73. The van der Waals surface area contributed by atoms with E-state index in [9.17, 15) is 8.78 Å². The highest BCUT2D eigenvalue weighted by molar-refractivity contribution is 5.78. The Morgan fingerprint density at radius 1 is 0.846 bits per heavy atom. The van der Waals surface area contributed by atoms with Gasteiger partial charge in [0, 0.05) is 44.3 Å². The number of ether oxygens (including phenoxy) is 2. The largest absolute Gasteiger partial charge is 0.379 e. The fourth-order valence-electron chi connectivity index (χ4n) is 7.10. The second kappa shape index (κ2) is 10.6. The lowest BCUT2D eigenvalue weighted by Gasteiger charge is -2.33. The normalized spacial score (nSPS) is 27.9. The van der Waals surface area contributed by atoms with Gasteiger partial charge in [0.2, 0.25) is 5.95 Å². The van der Waals surface area contributed by atoms with E-state index in [2.05, 4.69) is 20.1 Å².